The van der Waals surface area contributed by atoms with E-state index in [-0.39, 0.29) is 0 Å². The van der Waals surface area contributed by atoms with Crippen LogP contribution in [0, 0.1) is 17.2 Å². The maximum Gasteiger partial charge on any atom is 0.0785 e. The van der Waals surface area contributed by atoms with Gasteiger partial charge in [0, 0.05) is 13.0 Å². The summed E-state index contributed by atoms with van der Waals surface area (Å²) in [5.74, 6) is 0.338. The van der Waals surface area contributed by atoms with Crippen LogP contribution in [0.4, 0.5) is 0 Å². The molecule has 0 saturated carbocycles. The summed E-state index contributed by atoms with van der Waals surface area (Å²) in [4.78, 5) is 0. The second kappa shape index (κ2) is 4.32. The topological polar surface area (TPSA) is 35.8 Å². The molecule has 0 aromatic heterocycles. The van der Waals surface area contributed by atoms with Gasteiger partial charge < -0.3 is 5.32 Å². The number of nitrogens with zero attached hydrogens (tertiary/aromatic N) is 1. The van der Waals surface area contributed by atoms with Gasteiger partial charge >= 0.3 is 0 Å². The Hall–Kier alpha value is -0.750. The van der Waals surface area contributed by atoms with Crippen LogP contribution in [0.2, 0.25) is 0 Å². The molecule has 0 amide bonds. The van der Waals surface area contributed by atoms with Crippen molar-refractivity contribution < 1.29 is 0 Å². The SMILES string of the molecule is C[C@H](CC#N)C1=CCNC(Br)=C1. The third kappa shape index (κ3) is 2.38. The minimum absolute atomic E-state index is 0.338. The summed E-state index contributed by atoms with van der Waals surface area (Å²) in [6.45, 7) is 2.92. The van der Waals surface area contributed by atoms with Gasteiger partial charge in [-0.05, 0) is 33.5 Å². The van der Waals surface area contributed by atoms with Gasteiger partial charge in [0.05, 0.1) is 10.7 Å². The Morgan fingerprint density at radius 2 is 2.58 bits per heavy atom. The van der Waals surface area contributed by atoms with E-state index in [4.69, 9.17) is 5.26 Å². The van der Waals surface area contributed by atoms with Crippen molar-refractivity contribution in [2.75, 3.05) is 6.54 Å². The average molecular weight is 227 g/mol. The molecule has 1 rings (SSSR count). The van der Waals surface area contributed by atoms with Gasteiger partial charge in [0.1, 0.15) is 0 Å². The summed E-state index contributed by atoms with van der Waals surface area (Å²) in [6.07, 6.45) is 4.74. The minimum atomic E-state index is 0.338. The molecule has 2 nitrogen and oxygen atoms in total. The molecule has 1 aliphatic heterocycles. The van der Waals surface area contributed by atoms with Crippen molar-refractivity contribution >= 4 is 15.9 Å². The highest BCUT2D eigenvalue weighted by molar-refractivity contribution is 9.11. The normalized spacial score (nSPS) is 18.4. The van der Waals surface area contributed by atoms with Gasteiger partial charge in [-0.1, -0.05) is 13.0 Å². The third-order valence-electron chi connectivity index (χ3n) is 1.87. The van der Waals surface area contributed by atoms with E-state index in [9.17, 15) is 0 Å². The van der Waals surface area contributed by atoms with E-state index in [1.165, 1.54) is 5.57 Å². The lowest BCUT2D eigenvalue weighted by molar-refractivity contribution is 0.706. The summed E-state index contributed by atoms with van der Waals surface area (Å²) in [5, 5.41) is 11.6. The Balaban J connectivity index is 2.64. The average Bonchev–Trinajstić information content (AvgIpc) is 2.05. The van der Waals surface area contributed by atoms with Crippen LogP contribution in [0.3, 0.4) is 0 Å². The van der Waals surface area contributed by atoms with Crippen LogP contribution in [-0.4, -0.2) is 6.54 Å². The number of dihydropyridines is 1. The Morgan fingerprint density at radius 3 is 3.17 bits per heavy atom. The molecule has 0 radical (unpaired) electrons. The lowest BCUT2D eigenvalue weighted by Crippen LogP contribution is -2.15. The molecule has 1 aliphatic rings. The molecule has 0 aromatic rings. The standard InChI is InChI=1S/C9H11BrN2/c1-7(2-4-11)8-3-5-12-9(10)6-8/h3,6-7,12H,2,5H2,1H3/t7-/m1/s1. The van der Waals surface area contributed by atoms with E-state index < -0.39 is 0 Å². The number of hydrogen-bond donors (Lipinski definition) is 1. The van der Waals surface area contributed by atoms with E-state index in [1.54, 1.807) is 0 Å². The molecule has 0 bridgehead atoms. The summed E-state index contributed by atoms with van der Waals surface area (Å²) in [5.41, 5.74) is 1.24. The zero-order chi connectivity index (χ0) is 8.97. The predicted molar refractivity (Wildman–Crippen MR) is 52.5 cm³/mol. The molecule has 1 N–H and O–H groups in total. The molecule has 0 aromatic carbocycles. The Labute approximate surface area is 81.1 Å². The zero-order valence-corrected chi connectivity index (χ0v) is 8.56. The van der Waals surface area contributed by atoms with Crippen molar-refractivity contribution in [2.24, 2.45) is 5.92 Å². The van der Waals surface area contributed by atoms with E-state index in [2.05, 4.69) is 40.3 Å². The van der Waals surface area contributed by atoms with Crippen molar-refractivity contribution in [3.05, 3.63) is 22.3 Å². The number of allylic oxidation sites excluding steroid dienone is 2. The van der Waals surface area contributed by atoms with Crippen LogP contribution >= 0.6 is 15.9 Å². The van der Waals surface area contributed by atoms with Crippen molar-refractivity contribution in [3.63, 3.8) is 0 Å². The van der Waals surface area contributed by atoms with Gasteiger partial charge in [0.25, 0.3) is 0 Å². The molecule has 0 spiro atoms. The lowest BCUT2D eigenvalue weighted by Gasteiger charge is -2.15. The molecule has 1 heterocycles. The van der Waals surface area contributed by atoms with Gasteiger partial charge in [-0.25, -0.2) is 0 Å². The molecule has 0 fully saturated rings. The van der Waals surface area contributed by atoms with Gasteiger partial charge in [-0.15, -0.1) is 0 Å². The molecule has 3 heteroatoms. The monoisotopic (exact) mass is 226 g/mol. The summed E-state index contributed by atoms with van der Waals surface area (Å²) < 4.78 is 1.00. The number of nitrogens with one attached hydrogen (secondary N) is 1. The van der Waals surface area contributed by atoms with Crippen molar-refractivity contribution in [2.45, 2.75) is 13.3 Å². The van der Waals surface area contributed by atoms with Gasteiger partial charge in [0.15, 0.2) is 0 Å². The van der Waals surface area contributed by atoms with Crippen molar-refractivity contribution in [3.8, 4) is 6.07 Å². The largest absolute Gasteiger partial charge is 0.376 e. The lowest BCUT2D eigenvalue weighted by atomic mass is 9.97. The fraction of sp³-hybridized carbons (Fsp3) is 0.444. The smallest absolute Gasteiger partial charge is 0.0785 e. The van der Waals surface area contributed by atoms with Crippen LogP contribution in [0.15, 0.2) is 22.3 Å². The second-order valence-electron chi connectivity index (χ2n) is 2.84. The van der Waals surface area contributed by atoms with Crippen LogP contribution < -0.4 is 5.32 Å². The maximum absolute atomic E-state index is 8.51. The summed E-state index contributed by atoms with van der Waals surface area (Å²) in [6, 6.07) is 2.17. The second-order valence-corrected chi connectivity index (χ2v) is 3.69. The first-order valence-electron chi connectivity index (χ1n) is 3.92. The van der Waals surface area contributed by atoms with Crippen molar-refractivity contribution in [1.29, 1.82) is 5.26 Å². The molecule has 64 valence electrons. The number of nitriles is 1. The molecule has 12 heavy (non-hydrogen) atoms. The Bertz CT molecular complexity index is 260. The highest BCUT2D eigenvalue weighted by atomic mass is 79.9. The van der Waals surface area contributed by atoms with Gasteiger partial charge in [0.2, 0.25) is 0 Å². The number of halogens is 1. The quantitative estimate of drug-likeness (QED) is 0.734. The van der Waals surface area contributed by atoms with Crippen LogP contribution in [-0.2, 0) is 0 Å². The van der Waals surface area contributed by atoms with Crippen LogP contribution in [0.25, 0.3) is 0 Å². The van der Waals surface area contributed by atoms with Crippen molar-refractivity contribution in [1.82, 2.24) is 5.32 Å². The molecule has 0 unspecified atom stereocenters. The first-order valence-corrected chi connectivity index (χ1v) is 4.71. The van der Waals surface area contributed by atoms with Crippen LogP contribution in [0.1, 0.15) is 13.3 Å². The molecule has 1 atom stereocenters. The first-order chi connectivity index (χ1) is 5.74. The Kier molecular flexibility index (Phi) is 3.36. The van der Waals surface area contributed by atoms with E-state index >= 15 is 0 Å². The highest BCUT2D eigenvalue weighted by Gasteiger charge is 2.09. The first kappa shape index (κ1) is 9.34. The van der Waals surface area contributed by atoms with E-state index in [0.29, 0.717) is 12.3 Å². The van der Waals surface area contributed by atoms with E-state index in [1.807, 2.05) is 6.08 Å². The van der Waals surface area contributed by atoms with E-state index in [0.717, 1.165) is 11.2 Å². The third-order valence-corrected chi connectivity index (χ3v) is 2.38. The molecular weight excluding hydrogens is 216 g/mol. The summed E-state index contributed by atoms with van der Waals surface area (Å²) >= 11 is 3.37. The molecule has 0 aliphatic carbocycles. The maximum atomic E-state index is 8.51. The highest BCUT2D eigenvalue weighted by Crippen LogP contribution is 2.20. The van der Waals surface area contributed by atoms with Gasteiger partial charge in [-0.2, -0.15) is 5.26 Å². The fourth-order valence-corrected chi connectivity index (χ4v) is 1.55. The molecule has 0 saturated heterocycles. The summed E-state index contributed by atoms with van der Waals surface area (Å²) in [7, 11) is 0. The van der Waals surface area contributed by atoms with Gasteiger partial charge in [-0.3, -0.25) is 0 Å². The number of rotatable bonds is 2. The minimum Gasteiger partial charge on any atom is -0.376 e. The predicted octanol–water partition coefficient (Wildman–Crippen LogP) is 2.30. The number of hydrogen-bond acceptors (Lipinski definition) is 2. The molecular formula is C9H11BrN2. The fourth-order valence-electron chi connectivity index (χ4n) is 1.12. The zero-order valence-electron chi connectivity index (χ0n) is 6.97. The van der Waals surface area contributed by atoms with Crippen LogP contribution in [0.5, 0.6) is 0 Å². The Morgan fingerprint density at radius 1 is 1.83 bits per heavy atom.